The van der Waals surface area contributed by atoms with Gasteiger partial charge in [0.1, 0.15) is 5.82 Å². The Hall–Kier alpha value is -1.19. The van der Waals surface area contributed by atoms with Crippen LogP contribution in [-0.2, 0) is 0 Å². The van der Waals surface area contributed by atoms with Crippen LogP contribution in [0.2, 0.25) is 0 Å². The van der Waals surface area contributed by atoms with Crippen LogP contribution in [0, 0.1) is 11.9 Å². The van der Waals surface area contributed by atoms with Crippen LogP contribution in [0.4, 0.5) is 10.2 Å². The molecule has 3 nitrogen and oxygen atoms in total. The summed E-state index contributed by atoms with van der Waals surface area (Å²) < 4.78 is 12.3. The Morgan fingerprint density at radius 2 is 2.15 bits per heavy atom. The molecule has 1 rings (SSSR count). The molecule has 0 saturated heterocycles. The van der Waals surface area contributed by atoms with Gasteiger partial charge in [-0.15, -0.1) is 0 Å². The number of nitrogens with zero attached hydrogens (tertiary/aromatic N) is 2. The first-order valence-electron chi connectivity index (χ1n) is 4.40. The van der Waals surface area contributed by atoms with Crippen molar-refractivity contribution in [2.24, 2.45) is 5.92 Å². The quantitative estimate of drug-likeness (QED) is 0.776. The molecule has 1 N–H and O–H groups in total. The molecule has 0 saturated carbocycles. The summed E-state index contributed by atoms with van der Waals surface area (Å²) >= 11 is 0. The number of anilines is 1. The van der Waals surface area contributed by atoms with Gasteiger partial charge in [0.15, 0.2) is 0 Å². The minimum atomic E-state index is -0.547. The Balaban J connectivity index is 2.33. The van der Waals surface area contributed by atoms with Crippen LogP contribution in [0.3, 0.4) is 0 Å². The molecule has 0 bridgehead atoms. The Morgan fingerprint density at radius 1 is 1.38 bits per heavy atom. The smallest absolute Gasteiger partial charge is 0.231 e. The highest BCUT2D eigenvalue weighted by Gasteiger charge is 1.96. The van der Waals surface area contributed by atoms with Crippen molar-refractivity contribution >= 4 is 5.82 Å². The molecule has 0 amide bonds. The summed E-state index contributed by atoms with van der Waals surface area (Å²) in [5.74, 6) is 0.734. The van der Waals surface area contributed by atoms with E-state index in [1.54, 1.807) is 0 Å². The van der Waals surface area contributed by atoms with Gasteiger partial charge in [0.25, 0.3) is 0 Å². The van der Waals surface area contributed by atoms with E-state index in [-0.39, 0.29) is 0 Å². The zero-order valence-corrected chi connectivity index (χ0v) is 7.92. The fourth-order valence-corrected chi connectivity index (χ4v) is 0.892. The minimum absolute atomic E-state index is 0.547. The Labute approximate surface area is 77.4 Å². The van der Waals surface area contributed by atoms with E-state index in [2.05, 4.69) is 29.1 Å². The highest BCUT2D eigenvalue weighted by Crippen LogP contribution is 2.02. The van der Waals surface area contributed by atoms with E-state index in [0.717, 1.165) is 19.2 Å². The van der Waals surface area contributed by atoms with Gasteiger partial charge in [-0.3, -0.25) is 0 Å². The second-order valence-corrected chi connectivity index (χ2v) is 3.33. The van der Waals surface area contributed by atoms with Crippen LogP contribution in [0.15, 0.2) is 12.4 Å². The van der Waals surface area contributed by atoms with Crippen molar-refractivity contribution in [1.29, 1.82) is 0 Å². The predicted octanol–water partition coefficient (Wildman–Crippen LogP) is 2.07. The molecule has 1 heterocycles. The average molecular weight is 183 g/mol. The second kappa shape index (κ2) is 4.74. The van der Waals surface area contributed by atoms with Crippen molar-refractivity contribution in [1.82, 2.24) is 9.97 Å². The lowest BCUT2D eigenvalue weighted by Crippen LogP contribution is -2.06. The molecular weight excluding hydrogens is 169 g/mol. The predicted molar refractivity (Wildman–Crippen MR) is 49.9 cm³/mol. The van der Waals surface area contributed by atoms with E-state index in [1.165, 1.54) is 6.20 Å². The van der Waals surface area contributed by atoms with Crippen LogP contribution >= 0.6 is 0 Å². The molecule has 1 aromatic rings. The van der Waals surface area contributed by atoms with E-state index in [9.17, 15) is 4.39 Å². The highest BCUT2D eigenvalue weighted by molar-refractivity contribution is 5.29. The maximum atomic E-state index is 12.3. The maximum Gasteiger partial charge on any atom is 0.231 e. The SMILES string of the molecule is CC(C)CCNc1cnc(F)cn1. The van der Waals surface area contributed by atoms with Crippen molar-refractivity contribution in [3.63, 3.8) is 0 Å². The number of hydrogen-bond acceptors (Lipinski definition) is 3. The fourth-order valence-electron chi connectivity index (χ4n) is 0.892. The van der Waals surface area contributed by atoms with Crippen molar-refractivity contribution in [3.8, 4) is 0 Å². The molecule has 0 fully saturated rings. The minimum Gasteiger partial charge on any atom is -0.369 e. The molecule has 0 aromatic carbocycles. The van der Waals surface area contributed by atoms with Crippen molar-refractivity contribution < 1.29 is 4.39 Å². The van der Waals surface area contributed by atoms with Gasteiger partial charge in [-0.1, -0.05) is 13.8 Å². The Bertz CT molecular complexity index is 246. The van der Waals surface area contributed by atoms with Crippen molar-refractivity contribution in [3.05, 3.63) is 18.3 Å². The van der Waals surface area contributed by atoms with E-state index >= 15 is 0 Å². The normalized spacial score (nSPS) is 10.5. The van der Waals surface area contributed by atoms with Gasteiger partial charge in [0, 0.05) is 6.54 Å². The summed E-state index contributed by atoms with van der Waals surface area (Å²) in [6.45, 7) is 5.15. The van der Waals surface area contributed by atoms with Crippen molar-refractivity contribution in [2.45, 2.75) is 20.3 Å². The standard InChI is InChI=1S/C9H14FN3/c1-7(2)3-4-11-9-6-12-8(10)5-13-9/h5-7H,3-4H2,1-2H3,(H,11,13). The molecule has 4 heteroatoms. The van der Waals surface area contributed by atoms with Crippen LogP contribution in [0.25, 0.3) is 0 Å². The highest BCUT2D eigenvalue weighted by atomic mass is 19.1. The van der Waals surface area contributed by atoms with Gasteiger partial charge in [0.05, 0.1) is 12.4 Å². The zero-order valence-electron chi connectivity index (χ0n) is 7.92. The van der Waals surface area contributed by atoms with E-state index in [0.29, 0.717) is 11.7 Å². The first-order chi connectivity index (χ1) is 6.18. The van der Waals surface area contributed by atoms with Gasteiger partial charge in [-0.25, -0.2) is 9.97 Å². The third kappa shape index (κ3) is 3.83. The molecule has 13 heavy (non-hydrogen) atoms. The maximum absolute atomic E-state index is 12.3. The summed E-state index contributed by atoms with van der Waals surface area (Å²) in [4.78, 5) is 7.31. The third-order valence-corrected chi connectivity index (χ3v) is 1.65. The van der Waals surface area contributed by atoms with Gasteiger partial charge in [-0.2, -0.15) is 4.39 Å². The molecule has 72 valence electrons. The summed E-state index contributed by atoms with van der Waals surface area (Å²) in [5.41, 5.74) is 0. The first kappa shape index (κ1) is 9.89. The van der Waals surface area contributed by atoms with E-state index < -0.39 is 5.95 Å². The van der Waals surface area contributed by atoms with E-state index in [4.69, 9.17) is 0 Å². The summed E-state index contributed by atoms with van der Waals surface area (Å²) in [5, 5.41) is 3.06. The summed E-state index contributed by atoms with van der Waals surface area (Å²) in [7, 11) is 0. The van der Waals surface area contributed by atoms with Crippen molar-refractivity contribution in [2.75, 3.05) is 11.9 Å². The molecule has 0 radical (unpaired) electrons. The second-order valence-electron chi connectivity index (χ2n) is 3.33. The van der Waals surface area contributed by atoms with Crippen LogP contribution in [0.5, 0.6) is 0 Å². The number of halogens is 1. The average Bonchev–Trinajstić information content (AvgIpc) is 2.08. The van der Waals surface area contributed by atoms with Gasteiger partial charge in [0.2, 0.25) is 5.95 Å². The molecule has 0 aliphatic carbocycles. The monoisotopic (exact) mass is 183 g/mol. The molecule has 0 spiro atoms. The number of rotatable bonds is 4. The lowest BCUT2D eigenvalue weighted by Gasteiger charge is -2.06. The first-order valence-corrected chi connectivity index (χ1v) is 4.40. The lowest BCUT2D eigenvalue weighted by molar-refractivity contribution is 0.576. The fraction of sp³-hybridized carbons (Fsp3) is 0.556. The van der Waals surface area contributed by atoms with Gasteiger partial charge >= 0.3 is 0 Å². The Morgan fingerprint density at radius 3 is 2.69 bits per heavy atom. The van der Waals surface area contributed by atoms with Crippen LogP contribution in [-0.4, -0.2) is 16.5 Å². The van der Waals surface area contributed by atoms with Crippen LogP contribution in [0.1, 0.15) is 20.3 Å². The molecule has 0 atom stereocenters. The number of nitrogens with one attached hydrogen (secondary N) is 1. The number of hydrogen-bond donors (Lipinski definition) is 1. The molecule has 0 unspecified atom stereocenters. The topological polar surface area (TPSA) is 37.8 Å². The molecule has 0 aliphatic heterocycles. The van der Waals surface area contributed by atoms with Gasteiger partial charge in [-0.05, 0) is 12.3 Å². The number of aromatic nitrogens is 2. The zero-order chi connectivity index (χ0) is 9.68. The molecule has 1 aromatic heterocycles. The Kier molecular flexibility index (Phi) is 3.61. The van der Waals surface area contributed by atoms with Crippen LogP contribution < -0.4 is 5.32 Å². The summed E-state index contributed by atoms with van der Waals surface area (Å²) in [6.07, 6.45) is 3.58. The van der Waals surface area contributed by atoms with E-state index in [1.807, 2.05) is 0 Å². The third-order valence-electron chi connectivity index (χ3n) is 1.65. The summed E-state index contributed by atoms with van der Waals surface area (Å²) in [6, 6.07) is 0. The lowest BCUT2D eigenvalue weighted by atomic mass is 10.1. The van der Waals surface area contributed by atoms with Gasteiger partial charge < -0.3 is 5.32 Å². The molecular formula is C9H14FN3. The molecule has 0 aliphatic rings. The largest absolute Gasteiger partial charge is 0.369 e.